The van der Waals surface area contributed by atoms with Crippen molar-refractivity contribution in [2.75, 3.05) is 0 Å². The summed E-state index contributed by atoms with van der Waals surface area (Å²) < 4.78 is 9.22. The van der Waals surface area contributed by atoms with E-state index in [9.17, 15) is 4.79 Å². The zero-order chi connectivity index (χ0) is 19.4. The molecule has 7 nitrogen and oxygen atoms in total. The molecule has 1 N–H and O–H groups in total. The first kappa shape index (κ1) is 18.7. The summed E-state index contributed by atoms with van der Waals surface area (Å²) in [5, 5.41) is 11.7. The minimum absolute atomic E-state index is 0.147. The smallest absolute Gasteiger partial charge is 0.272 e. The van der Waals surface area contributed by atoms with Gasteiger partial charge >= 0.3 is 0 Å². The highest BCUT2D eigenvalue weighted by molar-refractivity contribution is 5.92. The van der Waals surface area contributed by atoms with Gasteiger partial charge in [0.15, 0.2) is 6.73 Å². The third-order valence-corrected chi connectivity index (χ3v) is 4.44. The van der Waals surface area contributed by atoms with Crippen LogP contribution in [0.1, 0.15) is 47.2 Å². The third-order valence-electron chi connectivity index (χ3n) is 4.44. The molecule has 1 amide bonds. The second kappa shape index (κ2) is 8.07. The molecule has 1 unspecified atom stereocenters. The minimum atomic E-state index is -0.221. The molecule has 2 aromatic heterocycles. The van der Waals surface area contributed by atoms with E-state index in [0.29, 0.717) is 5.69 Å². The normalized spacial score (nSPS) is 12.0. The molecule has 1 atom stereocenters. The molecule has 0 saturated carbocycles. The van der Waals surface area contributed by atoms with Gasteiger partial charge in [-0.05, 0) is 45.4 Å². The predicted molar refractivity (Wildman–Crippen MR) is 103 cm³/mol. The van der Waals surface area contributed by atoms with Gasteiger partial charge in [0, 0.05) is 24.5 Å². The average Bonchev–Trinajstić information content (AvgIpc) is 3.27. The second-order valence-corrected chi connectivity index (χ2v) is 6.50. The van der Waals surface area contributed by atoms with Crippen molar-refractivity contribution in [3.05, 3.63) is 65.2 Å². The van der Waals surface area contributed by atoms with E-state index in [1.54, 1.807) is 16.9 Å². The molecule has 1 aromatic carbocycles. The Balaban J connectivity index is 1.61. The second-order valence-electron chi connectivity index (χ2n) is 6.50. The van der Waals surface area contributed by atoms with Gasteiger partial charge in [0.25, 0.3) is 5.91 Å². The Morgan fingerprint density at radius 3 is 2.67 bits per heavy atom. The summed E-state index contributed by atoms with van der Waals surface area (Å²) in [6, 6.07) is 9.33. The number of rotatable bonds is 7. The van der Waals surface area contributed by atoms with Crippen LogP contribution in [0.3, 0.4) is 0 Å². The molecule has 3 rings (SSSR count). The minimum Gasteiger partial charge on any atom is -0.471 e. The molecule has 7 heteroatoms. The van der Waals surface area contributed by atoms with Gasteiger partial charge in [-0.2, -0.15) is 10.2 Å². The fourth-order valence-electron chi connectivity index (χ4n) is 2.88. The first-order chi connectivity index (χ1) is 13.0. The number of nitrogens with one attached hydrogen (secondary N) is 1. The van der Waals surface area contributed by atoms with Gasteiger partial charge in [-0.25, -0.2) is 4.68 Å². The maximum atomic E-state index is 12.5. The first-order valence-electron chi connectivity index (χ1n) is 9.04. The van der Waals surface area contributed by atoms with Gasteiger partial charge in [-0.1, -0.05) is 18.2 Å². The Bertz CT molecular complexity index is 928. The largest absolute Gasteiger partial charge is 0.471 e. The van der Waals surface area contributed by atoms with Crippen LogP contribution in [0.4, 0.5) is 0 Å². The third kappa shape index (κ3) is 4.36. The van der Waals surface area contributed by atoms with Gasteiger partial charge in [-0.3, -0.25) is 9.48 Å². The van der Waals surface area contributed by atoms with Crippen LogP contribution in [-0.2, 0) is 13.3 Å². The summed E-state index contributed by atoms with van der Waals surface area (Å²) >= 11 is 0. The molecule has 3 aromatic rings. The molecule has 0 radical (unpaired) electrons. The van der Waals surface area contributed by atoms with E-state index in [1.165, 1.54) is 0 Å². The Kier molecular flexibility index (Phi) is 5.59. The molecular weight excluding hydrogens is 342 g/mol. The van der Waals surface area contributed by atoms with Crippen LogP contribution in [0.25, 0.3) is 0 Å². The van der Waals surface area contributed by atoms with E-state index >= 15 is 0 Å². The Morgan fingerprint density at radius 2 is 1.96 bits per heavy atom. The van der Waals surface area contributed by atoms with Gasteiger partial charge in [0.1, 0.15) is 11.4 Å². The van der Waals surface area contributed by atoms with E-state index < -0.39 is 0 Å². The number of nitrogens with zero attached hydrogens (tertiary/aromatic N) is 4. The molecule has 0 bridgehead atoms. The topological polar surface area (TPSA) is 74.0 Å². The molecule has 27 heavy (non-hydrogen) atoms. The number of ether oxygens (including phenoxy) is 1. The number of hydrogen-bond acceptors (Lipinski definition) is 4. The van der Waals surface area contributed by atoms with E-state index in [-0.39, 0.29) is 18.7 Å². The molecule has 0 aliphatic heterocycles. The van der Waals surface area contributed by atoms with E-state index in [2.05, 4.69) is 15.5 Å². The van der Waals surface area contributed by atoms with E-state index in [1.807, 2.05) is 62.8 Å². The van der Waals surface area contributed by atoms with Crippen LogP contribution in [0.5, 0.6) is 5.75 Å². The summed E-state index contributed by atoms with van der Waals surface area (Å²) in [5.41, 5.74) is 3.34. The zero-order valence-corrected chi connectivity index (χ0v) is 16.1. The fraction of sp³-hybridized carbons (Fsp3) is 0.350. The summed E-state index contributed by atoms with van der Waals surface area (Å²) in [6.45, 7) is 8.96. The SMILES string of the molecule is CCn1cc(C(C)NC(=O)c2ccn(COc3ccccc3C)n2)c(C)n1. The maximum absolute atomic E-state index is 12.5. The van der Waals surface area contributed by atoms with Crippen LogP contribution in [0, 0.1) is 13.8 Å². The van der Waals surface area contributed by atoms with Crippen LogP contribution in [-0.4, -0.2) is 25.5 Å². The summed E-state index contributed by atoms with van der Waals surface area (Å²) in [7, 11) is 0. The first-order valence-corrected chi connectivity index (χ1v) is 9.04. The van der Waals surface area contributed by atoms with E-state index in [4.69, 9.17) is 4.74 Å². The van der Waals surface area contributed by atoms with Crippen molar-refractivity contribution < 1.29 is 9.53 Å². The number of amides is 1. The van der Waals surface area contributed by atoms with Gasteiger partial charge in [-0.15, -0.1) is 0 Å². The molecule has 0 aliphatic carbocycles. The molecule has 0 saturated heterocycles. The monoisotopic (exact) mass is 367 g/mol. The highest BCUT2D eigenvalue weighted by Crippen LogP contribution is 2.18. The highest BCUT2D eigenvalue weighted by Gasteiger charge is 2.17. The van der Waals surface area contributed by atoms with Crippen LogP contribution in [0.2, 0.25) is 0 Å². The molecule has 0 spiro atoms. The molecule has 0 aliphatic rings. The van der Waals surface area contributed by atoms with Crippen LogP contribution in [0.15, 0.2) is 42.7 Å². The van der Waals surface area contributed by atoms with Gasteiger partial charge < -0.3 is 10.1 Å². The van der Waals surface area contributed by atoms with Crippen LogP contribution < -0.4 is 10.1 Å². The molecule has 0 fully saturated rings. The van der Waals surface area contributed by atoms with Crippen molar-refractivity contribution in [3.8, 4) is 5.75 Å². The van der Waals surface area contributed by atoms with Crippen molar-refractivity contribution >= 4 is 5.91 Å². The number of benzene rings is 1. The van der Waals surface area contributed by atoms with Crippen molar-refractivity contribution in [1.29, 1.82) is 0 Å². The number of carbonyl (C=O) groups excluding carboxylic acids is 1. The predicted octanol–water partition coefficient (Wildman–Crippen LogP) is 3.24. The van der Waals surface area contributed by atoms with Gasteiger partial charge in [0.05, 0.1) is 11.7 Å². The molecular formula is C20H25N5O2. The average molecular weight is 367 g/mol. The standard InChI is InChI=1S/C20H25N5O2/c1-5-24-12-17(16(4)22-24)15(3)21-20(26)18-10-11-25(23-18)13-27-19-9-7-6-8-14(19)2/h6-12,15H,5,13H2,1-4H3,(H,21,26). The molecule has 142 valence electrons. The number of carbonyl (C=O) groups is 1. The lowest BCUT2D eigenvalue weighted by Crippen LogP contribution is -2.27. The summed E-state index contributed by atoms with van der Waals surface area (Å²) in [5.74, 6) is 0.580. The maximum Gasteiger partial charge on any atom is 0.272 e. The Hall–Kier alpha value is -3.09. The van der Waals surface area contributed by atoms with Crippen molar-refractivity contribution in [1.82, 2.24) is 24.9 Å². The number of aryl methyl sites for hydroxylation is 3. The lowest BCUT2D eigenvalue weighted by Gasteiger charge is -2.12. The van der Waals surface area contributed by atoms with Crippen molar-refractivity contribution in [2.24, 2.45) is 0 Å². The molecule has 2 heterocycles. The van der Waals surface area contributed by atoms with Crippen molar-refractivity contribution in [3.63, 3.8) is 0 Å². The Morgan fingerprint density at radius 1 is 1.19 bits per heavy atom. The van der Waals surface area contributed by atoms with Crippen LogP contribution >= 0.6 is 0 Å². The number of hydrogen-bond donors (Lipinski definition) is 1. The lowest BCUT2D eigenvalue weighted by atomic mass is 10.1. The Labute approximate surface area is 159 Å². The number of para-hydroxylation sites is 1. The summed E-state index contributed by atoms with van der Waals surface area (Å²) in [4.78, 5) is 12.5. The highest BCUT2D eigenvalue weighted by atomic mass is 16.5. The summed E-state index contributed by atoms with van der Waals surface area (Å²) in [6.07, 6.45) is 3.70. The van der Waals surface area contributed by atoms with E-state index in [0.717, 1.165) is 29.1 Å². The van der Waals surface area contributed by atoms with Crippen molar-refractivity contribution in [2.45, 2.75) is 47.0 Å². The zero-order valence-electron chi connectivity index (χ0n) is 16.1. The lowest BCUT2D eigenvalue weighted by molar-refractivity contribution is 0.0932. The fourth-order valence-corrected chi connectivity index (χ4v) is 2.88. The quantitative estimate of drug-likeness (QED) is 0.696. The van der Waals surface area contributed by atoms with Gasteiger partial charge in [0.2, 0.25) is 0 Å². The number of aromatic nitrogens is 4.